The molecule has 2 aliphatic rings. The second-order valence-corrected chi connectivity index (χ2v) is 9.75. The molecule has 0 unspecified atom stereocenters. The number of guanidine groups is 1. The van der Waals surface area contributed by atoms with E-state index >= 15 is 0 Å². The quantitative estimate of drug-likeness (QED) is 0.570. The summed E-state index contributed by atoms with van der Waals surface area (Å²) < 4.78 is 37.2. The maximum Gasteiger partial charge on any atom is 0.191 e. The number of rotatable bonds is 7. The summed E-state index contributed by atoms with van der Waals surface area (Å²) in [6.45, 7) is 1.21. The van der Waals surface area contributed by atoms with Crippen molar-refractivity contribution in [1.29, 1.82) is 0 Å². The Labute approximate surface area is 149 Å². The van der Waals surface area contributed by atoms with Crippen LogP contribution in [0.3, 0.4) is 0 Å². The van der Waals surface area contributed by atoms with Gasteiger partial charge in [0.1, 0.15) is 15.7 Å². The van der Waals surface area contributed by atoms with Crippen molar-refractivity contribution in [2.75, 3.05) is 32.1 Å². The number of hydrogen-bond donors (Lipinski definition) is 2. The van der Waals surface area contributed by atoms with Gasteiger partial charge in [-0.2, -0.15) is 0 Å². The average molecular weight is 367 g/mol. The van der Waals surface area contributed by atoms with Crippen LogP contribution in [0.2, 0.25) is 0 Å². The van der Waals surface area contributed by atoms with E-state index in [1.165, 1.54) is 12.3 Å². The largest absolute Gasteiger partial charge is 0.356 e. The van der Waals surface area contributed by atoms with Gasteiger partial charge in [-0.3, -0.25) is 4.99 Å². The molecule has 0 saturated heterocycles. The van der Waals surface area contributed by atoms with E-state index in [-0.39, 0.29) is 22.4 Å². The van der Waals surface area contributed by atoms with Crippen LogP contribution in [0.15, 0.2) is 29.3 Å². The maximum absolute atomic E-state index is 14.1. The van der Waals surface area contributed by atoms with E-state index < -0.39 is 9.84 Å². The fraction of sp³-hybridized carbons (Fsp3) is 0.611. The summed E-state index contributed by atoms with van der Waals surface area (Å²) >= 11 is 0. The predicted molar refractivity (Wildman–Crippen MR) is 98.1 cm³/mol. The van der Waals surface area contributed by atoms with Crippen molar-refractivity contribution in [1.82, 2.24) is 10.6 Å². The molecule has 2 aliphatic carbocycles. The Kier molecular flexibility index (Phi) is 4.79. The Morgan fingerprint density at radius 1 is 1.16 bits per heavy atom. The Balaban J connectivity index is 1.55. The highest BCUT2D eigenvalue weighted by atomic mass is 32.2. The van der Waals surface area contributed by atoms with E-state index in [9.17, 15) is 12.8 Å². The fourth-order valence-electron chi connectivity index (χ4n) is 3.43. The number of sulfone groups is 1. The van der Waals surface area contributed by atoms with E-state index in [0.29, 0.717) is 19.0 Å². The van der Waals surface area contributed by atoms with Crippen LogP contribution in [0.25, 0.3) is 0 Å². The lowest BCUT2D eigenvalue weighted by molar-refractivity contribution is 0.525. The summed E-state index contributed by atoms with van der Waals surface area (Å²) in [4.78, 5) is 4.21. The first-order chi connectivity index (χ1) is 11.8. The zero-order valence-electron chi connectivity index (χ0n) is 14.8. The molecule has 7 heteroatoms. The Morgan fingerprint density at radius 2 is 1.80 bits per heavy atom. The lowest BCUT2D eigenvalue weighted by Crippen LogP contribution is -2.44. The van der Waals surface area contributed by atoms with Crippen molar-refractivity contribution in [2.24, 2.45) is 10.4 Å². The van der Waals surface area contributed by atoms with E-state index in [1.54, 1.807) is 13.1 Å². The minimum absolute atomic E-state index is 0.158. The van der Waals surface area contributed by atoms with Gasteiger partial charge in [0.25, 0.3) is 0 Å². The van der Waals surface area contributed by atoms with Crippen molar-refractivity contribution in [3.05, 3.63) is 35.6 Å². The van der Waals surface area contributed by atoms with Crippen LogP contribution in [0, 0.1) is 11.2 Å². The molecule has 0 radical (unpaired) electrons. The zero-order valence-corrected chi connectivity index (χ0v) is 15.6. The van der Waals surface area contributed by atoms with Gasteiger partial charge in [-0.05, 0) is 37.3 Å². The normalized spacial score (nSPS) is 20.8. The Morgan fingerprint density at radius 3 is 2.32 bits per heavy atom. The third kappa shape index (κ3) is 4.51. The van der Waals surface area contributed by atoms with E-state index in [4.69, 9.17) is 0 Å². The minimum atomic E-state index is -2.98. The highest BCUT2D eigenvalue weighted by Crippen LogP contribution is 2.48. The van der Waals surface area contributed by atoms with E-state index in [0.717, 1.165) is 31.2 Å². The molecule has 25 heavy (non-hydrogen) atoms. The first-order valence-corrected chi connectivity index (χ1v) is 10.7. The lowest BCUT2D eigenvalue weighted by Gasteiger charge is -2.21. The molecule has 0 amide bonds. The molecule has 138 valence electrons. The van der Waals surface area contributed by atoms with Crippen LogP contribution in [-0.2, 0) is 15.3 Å². The van der Waals surface area contributed by atoms with Crippen molar-refractivity contribution >= 4 is 15.8 Å². The predicted octanol–water partition coefficient (Wildman–Crippen LogP) is 1.85. The maximum atomic E-state index is 14.1. The van der Waals surface area contributed by atoms with Crippen LogP contribution in [0.1, 0.15) is 31.2 Å². The number of nitrogens with zero attached hydrogens (tertiary/aromatic N) is 1. The molecular weight excluding hydrogens is 341 g/mol. The molecule has 3 rings (SSSR count). The third-order valence-corrected chi connectivity index (χ3v) is 6.41. The average Bonchev–Trinajstić information content (AvgIpc) is 3.45. The van der Waals surface area contributed by atoms with E-state index in [2.05, 4.69) is 15.6 Å². The summed E-state index contributed by atoms with van der Waals surface area (Å²) in [5, 5.41) is 6.53. The molecule has 2 N–H and O–H groups in total. The first-order valence-electron chi connectivity index (χ1n) is 8.65. The Hall–Kier alpha value is -1.63. The molecule has 1 aromatic carbocycles. The van der Waals surface area contributed by atoms with Crippen molar-refractivity contribution < 1.29 is 12.8 Å². The second-order valence-electron chi connectivity index (χ2n) is 7.61. The smallest absolute Gasteiger partial charge is 0.191 e. The van der Waals surface area contributed by atoms with Crippen molar-refractivity contribution in [3.63, 3.8) is 0 Å². The summed E-state index contributed by atoms with van der Waals surface area (Å²) in [5.41, 5.74) is 0.440. The van der Waals surface area contributed by atoms with Gasteiger partial charge in [-0.25, -0.2) is 12.8 Å². The number of nitrogens with one attached hydrogen (secondary N) is 2. The molecule has 0 heterocycles. The standard InChI is InChI=1S/C18H26FN3O2S/c1-20-16(21-11-17(7-8-17)13-25(2,23)24)22-12-18(9-10-18)14-5-3-4-6-15(14)19/h3-6H,7-13H2,1-2H3,(H2,20,21,22). The lowest BCUT2D eigenvalue weighted by atomic mass is 9.95. The van der Waals surface area contributed by atoms with Gasteiger partial charge in [0.05, 0.1) is 5.75 Å². The third-order valence-electron chi connectivity index (χ3n) is 5.27. The fourth-order valence-corrected chi connectivity index (χ4v) is 4.94. The molecule has 0 aliphatic heterocycles. The first kappa shape index (κ1) is 18.2. The molecule has 1 aromatic rings. The Bertz CT molecular complexity index is 768. The number of aliphatic imine (C=N–C) groups is 1. The highest BCUT2D eigenvalue weighted by molar-refractivity contribution is 7.90. The SMILES string of the molecule is CN=C(NCC1(CS(C)(=O)=O)CC1)NCC1(c2ccccc2F)CC1. The summed E-state index contributed by atoms with van der Waals surface area (Å²) in [6, 6.07) is 6.93. The minimum Gasteiger partial charge on any atom is -0.356 e. The summed E-state index contributed by atoms with van der Waals surface area (Å²) in [5.74, 6) is 0.695. The van der Waals surface area contributed by atoms with E-state index in [1.807, 2.05) is 12.1 Å². The highest BCUT2D eigenvalue weighted by Gasteiger charge is 2.47. The number of halogens is 1. The van der Waals surface area contributed by atoms with Crippen LogP contribution < -0.4 is 10.6 Å². The van der Waals surface area contributed by atoms with Crippen LogP contribution in [0.4, 0.5) is 4.39 Å². The molecule has 0 atom stereocenters. The van der Waals surface area contributed by atoms with Gasteiger partial charge < -0.3 is 10.6 Å². The van der Waals surface area contributed by atoms with Crippen LogP contribution in [-0.4, -0.2) is 46.5 Å². The molecule has 0 bridgehead atoms. The number of benzene rings is 1. The molecule has 2 fully saturated rings. The van der Waals surface area contributed by atoms with Crippen LogP contribution >= 0.6 is 0 Å². The van der Waals surface area contributed by atoms with Gasteiger partial charge in [0.2, 0.25) is 0 Å². The van der Waals surface area contributed by atoms with Gasteiger partial charge in [-0.1, -0.05) is 18.2 Å². The summed E-state index contributed by atoms with van der Waals surface area (Å²) in [6.07, 6.45) is 5.03. The van der Waals surface area contributed by atoms with Crippen molar-refractivity contribution in [2.45, 2.75) is 31.1 Å². The topological polar surface area (TPSA) is 70.6 Å². The molecule has 0 spiro atoms. The zero-order chi connectivity index (χ0) is 18.1. The number of hydrogen-bond acceptors (Lipinski definition) is 3. The monoisotopic (exact) mass is 367 g/mol. The summed E-state index contributed by atoms with van der Waals surface area (Å²) in [7, 11) is -1.29. The second kappa shape index (κ2) is 6.59. The molecule has 5 nitrogen and oxygen atoms in total. The van der Waals surface area contributed by atoms with Crippen LogP contribution in [0.5, 0.6) is 0 Å². The molecule has 2 saturated carbocycles. The van der Waals surface area contributed by atoms with Gasteiger partial charge >= 0.3 is 0 Å². The van der Waals surface area contributed by atoms with Gasteiger partial charge in [-0.15, -0.1) is 0 Å². The van der Waals surface area contributed by atoms with Crippen molar-refractivity contribution in [3.8, 4) is 0 Å². The van der Waals surface area contributed by atoms with Gasteiger partial charge in [0, 0.05) is 37.2 Å². The molecule has 0 aromatic heterocycles. The molecular formula is C18H26FN3O2S. The van der Waals surface area contributed by atoms with Gasteiger partial charge in [0.15, 0.2) is 5.96 Å².